The van der Waals surface area contributed by atoms with E-state index in [0.717, 1.165) is 17.5 Å². The van der Waals surface area contributed by atoms with Gasteiger partial charge in [0, 0.05) is 11.1 Å². The molecule has 0 spiro atoms. The number of nitrogen functional groups attached to an aromatic ring is 1. The molecule has 0 amide bonds. The molecule has 0 aliphatic heterocycles. The van der Waals surface area contributed by atoms with Crippen molar-refractivity contribution in [1.29, 1.82) is 5.26 Å². The van der Waals surface area contributed by atoms with E-state index in [-0.39, 0.29) is 5.82 Å². The predicted octanol–water partition coefficient (Wildman–Crippen LogP) is 5.74. The Kier molecular flexibility index (Phi) is 4.94. The lowest BCUT2D eigenvalue weighted by Gasteiger charge is -2.11. The van der Waals surface area contributed by atoms with Gasteiger partial charge in [-0.25, -0.2) is 4.98 Å². The number of nitriles is 1. The van der Waals surface area contributed by atoms with Crippen LogP contribution in [0.1, 0.15) is 18.1 Å². The zero-order chi connectivity index (χ0) is 18.0. The van der Waals surface area contributed by atoms with Crippen LogP contribution in [0.15, 0.2) is 48.5 Å². The molecule has 0 aliphatic carbocycles. The standard InChI is InChI=1S/C20H15Cl2N3/c1-2-12-3-5-13(6-4-12)19-10-15(16(11-23)20(24)25-19)14-7-8-17(21)18(22)9-14/h3-10H,2H2,1H3,(H2,24,25). The van der Waals surface area contributed by atoms with Crippen molar-refractivity contribution in [3.63, 3.8) is 0 Å². The number of aromatic nitrogens is 1. The van der Waals surface area contributed by atoms with Crippen molar-refractivity contribution in [2.45, 2.75) is 13.3 Å². The van der Waals surface area contributed by atoms with Crippen molar-refractivity contribution in [2.75, 3.05) is 5.73 Å². The van der Waals surface area contributed by atoms with Crippen LogP contribution in [0.2, 0.25) is 10.0 Å². The molecule has 3 rings (SSSR count). The summed E-state index contributed by atoms with van der Waals surface area (Å²) in [4.78, 5) is 4.39. The molecule has 2 aromatic carbocycles. The Balaban J connectivity index is 2.18. The van der Waals surface area contributed by atoms with Gasteiger partial charge in [0.05, 0.1) is 15.7 Å². The Morgan fingerprint density at radius 1 is 1.00 bits per heavy atom. The van der Waals surface area contributed by atoms with Gasteiger partial charge in [0.15, 0.2) is 0 Å². The van der Waals surface area contributed by atoms with Crippen molar-refractivity contribution in [1.82, 2.24) is 4.98 Å². The first-order valence-corrected chi connectivity index (χ1v) is 8.54. The number of anilines is 1. The highest BCUT2D eigenvalue weighted by Gasteiger charge is 2.14. The quantitative estimate of drug-likeness (QED) is 0.641. The topological polar surface area (TPSA) is 62.7 Å². The molecular weight excluding hydrogens is 353 g/mol. The van der Waals surface area contributed by atoms with E-state index in [1.54, 1.807) is 12.1 Å². The van der Waals surface area contributed by atoms with E-state index in [2.05, 4.69) is 30.1 Å². The van der Waals surface area contributed by atoms with Crippen LogP contribution >= 0.6 is 23.2 Å². The molecule has 3 aromatic rings. The summed E-state index contributed by atoms with van der Waals surface area (Å²) < 4.78 is 0. The third-order valence-corrected chi connectivity index (χ3v) is 4.79. The first kappa shape index (κ1) is 17.3. The van der Waals surface area contributed by atoms with Gasteiger partial charge in [-0.2, -0.15) is 5.26 Å². The van der Waals surface area contributed by atoms with E-state index >= 15 is 0 Å². The first-order valence-electron chi connectivity index (χ1n) is 7.78. The van der Waals surface area contributed by atoms with Gasteiger partial charge in [0.1, 0.15) is 17.5 Å². The van der Waals surface area contributed by atoms with Gasteiger partial charge < -0.3 is 5.73 Å². The molecule has 0 saturated carbocycles. The number of hydrogen-bond donors (Lipinski definition) is 1. The number of halogens is 2. The van der Waals surface area contributed by atoms with Crippen molar-refractivity contribution in [2.24, 2.45) is 0 Å². The molecule has 1 aromatic heterocycles. The predicted molar refractivity (Wildman–Crippen MR) is 104 cm³/mol. The van der Waals surface area contributed by atoms with Gasteiger partial charge in [-0.3, -0.25) is 0 Å². The second kappa shape index (κ2) is 7.14. The average Bonchev–Trinajstić information content (AvgIpc) is 2.63. The highest BCUT2D eigenvalue weighted by Crippen LogP contribution is 2.34. The lowest BCUT2D eigenvalue weighted by atomic mass is 9.98. The molecule has 0 fully saturated rings. The van der Waals surface area contributed by atoms with Crippen LogP contribution in [-0.4, -0.2) is 4.98 Å². The van der Waals surface area contributed by atoms with Gasteiger partial charge in [-0.15, -0.1) is 0 Å². The number of aryl methyl sites for hydroxylation is 1. The Labute approximate surface area is 156 Å². The van der Waals surface area contributed by atoms with Crippen LogP contribution in [0.25, 0.3) is 22.4 Å². The van der Waals surface area contributed by atoms with Crippen LogP contribution in [-0.2, 0) is 6.42 Å². The summed E-state index contributed by atoms with van der Waals surface area (Å²) in [5, 5.41) is 10.4. The van der Waals surface area contributed by atoms with Crippen molar-refractivity contribution in [3.05, 3.63) is 69.7 Å². The maximum absolute atomic E-state index is 9.49. The Morgan fingerprint density at radius 2 is 1.68 bits per heavy atom. The maximum Gasteiger partial charge on any atom is 0.142 e. The van der Waals surface area contributed by atoms with Crippen LogP contribution < -0.4 is 5.73 Å². The van der Waals surface area contributed by atoms with Crippen molar-refractivity contribution >= 4 is 29.0 Å². The van der Waals surface area contributed by atoms with Gasteiger partial charge in [-0.1, -0.05) is 60.5 Å². The maximum atomic E-state index is 9.49. The molecule has 5 heteroatoms. The molecule has 0 bridgehead atoms. The van der Waals surface area contributed by atoms with E-state index in [1.807, 2.05) is 24.3 Å². The largest absolute Gasteiger partial charge is 0.383 e. The highest BCUT2D eigenvalue weighted by molar-refractivity contribution is 6.42. The van der Waals surface area contributed by atoms with E-state index in [0.29, 0.717) is 26.9 Å². The minimum atomic E-state index is 0.195. The Morgan fingerprint density at radius 3 is 2.28 bits per heavy atom. The summed E-state index contributed by atoms with van der Waals surface area (Å²) >= 11 is 12.1. The fraction of sp³-hybridized carbons (Fsp3) is 0.100. The van der Waals surface area contributed by atoms with Crippen molar-refractivity contribution in [3.8, 4) is 28.5 Å². The van der Waals surface area contributed by atoms with E-state index in [9.17, 15) is 5.26 Å². The molecule has 0 unspecified atom stereocenters. The van der Waals surface area contributed by atoms with Gasteiger partial charge in [0.2, 0.25) is 0 Å². The minimum Gasteiger partial charge on any atom is -0.383 e. The zero-order valence-electron chi connectivity index (χ0n) is 13.6. The lowest BCUT2D eigenvalue weighted by molar-refractivity contribution is 1.14. The Bertz CT molecular complexity index is 973. The molecule has 0 atom stereocenters. The minimum absolute atomic E-state index is 0.195. The fourth-order valence-electron chi connectivity index (χ4n) is 2.63. The molecule has 0 aliphatic rings. The number of hydrogen-bond acceptors (Lipinski definition) is 3. The normalized spacial score (nSPS) is 10.5. The summed E-state index contributed by atoms with van der Waals surface area (Å²) in [7, 11) is 0. The molecule has 0 saturated heterocycles. The van der Waals surface area contributed by atoms with E-state index in [4.69, 9.17) is 28.9 Å². The van der Waals surface area contributed by atoms with Crippen LogP contribution in [0.5, 0.6) is 0 Å². The number of rotatable bonds is 3. The molecule has 3 nitrogen and oxygen atoms in total. The second-order valence-corrected chi connectivity index (χ2v) is 6.42. The summed E-state index contributed by atoms with van der Waals surface area (Å²) in [5.41, 5.74) is 10.7. The van der Waals surface area contributed by atoms with Gasteiger partial charge in [0.25, 0.3) is 0 Å². The number of nitrogens with zero attached hydrogens (tertiary/aromatic N) is 2. The van der Waals surface area contributed by atoms with Gasteiger partial charge in [-0.05, 0) is 35.7 Å². The lowest BCUT2D eigenvalue weighted by Crippen LogP contribution is -2.00. The molecule has 0 radical (unpaired) electrons. The highest BCUT2D eigenvalue weighted by atomic mass is 35.5. The summed E-state index contributed by atoms with van der Waals surface area (Å²) in [6, 6.07) is 17.4. The SMILES string of the molecule is CCc1ccc(-c2cc(-c3ccc(Cl)c(Cl)c3)c(C#N)c(N)n2)cc1. The third kappa shape index (κ3) is 3.46. The smallest absolute Gasteiger partial charge is 0.142 e. The molecule has 25 heavy (non-hydrogen) atoms. The number of benzene rings is 2. The summed E-state index contributed by atoms with van der Waals surface area (Å²) in [5.74, 6) is 0.195. The van der Waals surface area contributed by atoms with Crippen molar-refractivity contribution < 1.29 is 0 Å². The van der Waals surface area contributed by atoms with Crippen LogP contribution in [0.4, 0.5) is 5.82 Å². The molecule has 1 heterocycles. The summed E-state index contributed by atoms with van der Waals surface area (Å²) in [6.45, 7) is 2.11. The Hall–Kier alpha value is -2.54. The van der Waals surface area contributed by atoms with Crippen LogP contribution in [0, 0.1) is 11.3 Å². The molecular formula is C20H15Cl2N3. The number of nitrogens with two attached hydrogens (primary N) is 1. The summed E-state index contributed by atoms with van der Waals surface area (Å²) in [6.07, 6.45) is 0.970. The molecule has 124 valence electrons. The monoisotopic (exact) mass is 367 g/mol. The van der Waals surface area contributed by atoms with Crippen LogP contribution in [0.3, 0.4) is 0 Å². The average molecular weight is 368 g/mol. The molecule has 2 N–H and O–H groups in total. The number of pyridine rings is 1. The van der Waals surface area contributed by atoms with Gasteiger partial charge >= 0.3 is 0 Å². The fourth-order valence-corrected chi connectivity index (χ4v) is 2.93. The van der Waals surface area contributed by atoms with E-state index < -0.39 is 0 Å². The zero-order valence-corrected chi connectivity index (χ0v) is 15.1. The van der Waals surface area contributed by atoms with E-state index in [1.165, 1.54) is 5.56 Å². The second-order valence-electron chi connectivity index (χ2n) is 5.61. The third-order valence-electron chi connectivity index (χ3n) is 4.05. The first-order chi connectivity index (χ1) is 12.0.